The van der Waals surface area contributed by atoms with Crippen LogP contribution in [0.3, 0.4) is 0 Å². The van der Waals surface area contributed by atoms with E-state index in [9.17, 15) is 4.57 Å². The summed E-state index contributed by atoms with van der Waals surface area (Å²) in [5, 5.41) is 0. The quantitative estimate of drug-likeness (QED) is 0.198. The molecule has 1 aliphatic rings. The zero-order valence-electron chi connectivity index (χ0n) is 19.9. The molecule has 0 N–H and O–H groups in total. The molecule has 0 aromatic heterocycles. The van der Waals surface area contributed by atoms with Gasteiger partial charge in [-0.25, -0.2) is 13.3 Å². The fourth-order valence-electron chi connectivity index (χ4n) is 3.72. The number of allylic oxidation sites excluding steroid dienone is 1. The second-order valence-corrected chi connectivity index (χ2v) is 10.2. The first-order chi connectivity index (χ1) is 17.4. The number of benzene rings is 3. The van der Waals surface area contributed by atoms with Crippen molar-refractivity contribution in [3.63, 3.8) is 0 Å². The van der Waals surface area contributed by atoms with Crippen LogP contribution < -0.4 is 0 Å². The highest BCUT2D eigenvalue weighted by Crippen LogP contribution is 2.55. The number of halogens is 2. The lowest BCUT2D eigenvalue weighted by Crippen LogP contribution is -2.50. The standard InChI is InChI=1S/C28H29F2O5P/c1-22-17-18-26(32-19-23-11-5-2-6-12-23)27(28(22,29)30)35-36(31,33-20-24-13-7-3-8-14-24)34-21-25-15-9-4-10-16-25/h2-18,22,26-27H,19-21H2,1H3/t22-,26-,27-/m0/s1. The van der Waals surface area contributed by atoms with E-state index in [0.717, 1.165) is 5.56 Å². The number of hydrogen-bond acceptors (Lipinski definition) is 5. The smallest absolute Gasteiger partial charge is 0.366 e. The predicted molar refractivity (Wildman–Crippen MR) is 133 cm³/mol. The Morgan fingerprint density at radius 3 is 1.64 bits per heavy atom. The normalized spacial score (nSPS) is 21.4. The van der Waals surface area contributed by atoms with Gasteiger partial charge < -0.3 is 4.74 Å². The van der Waals surface area contributed by atoms with Gasteiger partial charge in [-0.15, -0.1) is 0 Å². The van der Waals surface area contributed by atoms with Crippen LogP contribution in [0.15, 0.2) is 103 Å². The number of ether oxygens (including phenoxy) is 1. The highest BCUT2D eigenvalue weighted by molar-refractivity contribution is 7.48. The van der Waals surface area contributed by atoms with E-state index in [1.807, 2.05) is 42.5 Å². The molecule has 0 heterocycles. The Morgan fingerprint density at radius 1 is 0.722 bits per heavy atom. The summed E-state index contributed by atoms with van der Waals surface area (Å²) in [6.45, 7) is 1.19. The predicted octanol–water partition coefficient (Wildman–Crippen LogP) is 7.34. The molecule has 0 unspecified atom stereocenters. The molecule has 0 spiro atoms. The summed E-state index contributed by atoms with van der Waals surface area (Å²) in [6.07, 6.45) is -0.131. The number of rotatable bonds is 11. The van der Waals surface area contributed by atoms with Crippen molar-refractivity contribution in [3.8, 4) is 0 Å². The molecular formula is C28H29F2O5P. The van der Waals surface area contributed by atoms with Crippen LogP contribution in [0.4, 0.5) is 8.78 Å². The number of phosphoric ester groups is 1. The van der Waals surface area contributed by atoms with Crippen molar-refractivity contribution in [1.29, 1.82) is 0 Å². The Labute approximate surface area is 210 Å². The molecule has 0 bridgehead atoms. The van der Waals surface area contributed by atoms with Crippen LogP contribution in [-0.2, 0) is 42.7 Å². The van der Waals surface area contributed by atoms with E-state index in [1.54, 1.807) is 48.5 Å². The van der Waals surface area contributed by atoms with Gasteiger partial charge in [0.15, 0.2) is 6.10 Å². The molecule has 3 atom stereocenters. The first kappa shape index (κ1) is 26.4. The molecular weight excluding hydrogens is 485 g/mol. The molecule has 0 aliphatic heterocycles. The van der Waals surface area contributed by atoms with Crippen molar-refractivity contribution in [3.05, 3.63) is 120 Å². The Bertz CT molecular complexity index is 1110. The summed E-state index contributed by atoms with van der Waals surface area (Å²) in [5.74, 6) is -4.53. The topological polar surface area (TPSA) is 54.0 Å². The van der Waals surface area contributed by atoms with Gasteiger partial charge in [-0.1, -0.05) is 110 Å². The SMILES string of the molecule is C[C@H]1C=C[C@H](OCc2ccccc2)[C@H](OP(=O)(OCc2ccccc2)OCc2ccccc2)C1(F)F. The van der Waals surface area contributed by atoms with Crippen molar-refractivity contribution in [1.82, 2.24) is 0 Å². The van der Waals surface area contributed by atoms with E-state index in [-0.39, 0.29) is 19.8 Å². The fraction of sp³-hybridized carbons (Fsp3) is 0.286. The lowest BCUT2D eigenvalue weighted by molar-refractivity contribution is -0.177. The monoisotopic (exact) mass is 514 g/mol. The third-order valence-corrected chi connectivity index (χ3v) is 7.24. The van der Waals surface area contributed by atoms with Crippen molar-refractivity contribution >= 4 is 7.82 Å². The van der Waals surface area contributed by atoms with Gasteiger partial charge in [-0.2, -0.15) is 0 Å². The van der Waals surface area contributed by atoms with Crippen LogP contribution in [0, 0.1) is 5.92 Å². The van der Waals surface area contributed by atoms with E-state index in [2.05, 4.69) is 0 Å². The molecule has 0 radical (unpaired) electrons. The van der Waals surface area contributed by atoms with Crippen LogP contribution in [0.5, 0.6) is 0 Å². The lowest BCUT2D eigenvalue weighted by atomic mass is 9.89. The molecule has 1 aliphatic carbocycles. The van der Waals surface area contributed by atoms with Crippen molar-refractivity contribution < 1.29 is 31.7 Å². The summed E-state index contributed by atoms with van der Waals surface area (Å²) in [6, 6.07) is 27.1. The van der Waals surface area contributed by atoms with Gasteiger partial charge in [0, 0.05) is 5.92 Å². The van der Waals surface area contributed by atoms with E-state index in [0.29, 0.717) is 11.1 Å². The second kappa shape index (κ2) is 12.0. The summed E-state index contributed by atoms with van der Waals surface area (Å²) in [4.78, 5) is 0. The van der Waals surface area contributed by atoms with Crippen LogP contribution in [0.2, 0.25) is 0 Å². The average Bonchev–Trinajstić information content (AvgIpc) is 2.91. The molecule has 0 saturated heterocycles. The van der Waals surface area contributed by atoms with Crippen molar-refractivity contribution in [2.24, 2.45) is 5.92 Å². The van der Waals surface area contributed by atoms with Gasteiger partial charge in [0.25, 0.3) is 5.92 Å². The third kappa shape index (κ3) is 6.96. The van der Waals surface area contributed by atoms with Crippen LogP contribution >= 0.6 is 7.82 Å². The summed E-state index contributed by atoms with van der Waals surface area (Å²) in [5.41, 5.74) is 2.21. The van der Waals surface area contributed by atoms with Crippen molar-refractivity contribution in [2.45, 2.75) is 44.9 Å². The molecule has 8 heteroatoms. The Kier molecular flexibility index (Phi) is 8.83. The van der Waals surface area contributed by atoms with Crippen LogP contribution in [0.1, 0.15) is 23.6 Å². The molecule has 3 aromatic carbocycles. The van der Waals surface area contributed by atoms with Crippen LogP contribution in [0.25, 0.3) is 0 Å². The molecule has 4 rings (SSSR count). The maximum absolute atomic E-state index is 15.4. The molecule has 3 aromatic rings. The zero-order valence-corrected chi connectivity index (χ0v) is 20.8. The molecule has 36 heavy (non-hydrogen) atoms. The van der Waals surface area contributed by atoms with Gasteiger partial charge in [0.2, 0.25) is 0 Å². The Hall–Kier alpha value is -2.67. The van der Waals surface area contributed by atoms with Gasteiger partial charge in [-0.3, -0.25) is 13.6 Å². The first-order valence-electron chi connectivity index (χ1n) is 11.7. The zero-order chi connectivity index (χ0) is 25.4. The van der Waals surface area contributed by atoms with Crippen molar-refractivity contribution in [2.75, 3.05) is 0 Å². The molecule has 190 valence electrons. The minimum Gasteiger partial charge on any atom is -0.366 e. The summed E-state index contributed by atoms with van der Waals surface area (Å²) >= 11 is 0. The summed E-state index contributed by atoms with van der Waals surface area (Å²) < 4.78 is 67.1. The third-order valence-electron chi connectivity index (χ3n) is 5.87. The largest absolute Gasteiger partial charge is 0.476 e. The highest BCUT2D eigenvalue weighted by Gasteiger charge is 2.54. The van der Waals surface area contributed by atoms with E-state index >= 15 is 8.78 Å². The minimum atomic E-state index is -4.45. The van der Waals surface area contributed by atoms with Gasteiger partial charge in [0.1, 0.15) is 6.10 Å². The second-order valence-electron chi connectivity index (χ2n) is 8.60. The highest BCUT2D eigenvalue weighted by atomic mass is 31.2. The van der Waals surface area contributed by atoms with Crippen LogP contribution in [-0.4, -0.2) is 18.1 Å². The van der Waals surface area contributed by atoms with E-state index in [4.69, 9.17) is 18.3 Å². The summed E-state index contributed by atoms with van der Waals surface area (Å²) in [7, 11) is -4.45. The molecule has 0 saturated carbocycles. The fourth-order valence-corrected chi connectivity index (χ4v) is 5.07. The Morgan fingerprint density at radius 2 is 1.17 bits per heavy atom. The maximum Gasteiger partial charge on any atom is 0.476 e. The Balaban J connectivity index is 1.55. The first-order valence-corrected chi connectivity index (χ1v) is 13.2. The van der Waals surface area contributed by atoms with E-state index in [1.165, 1.54) is 19.1 Å². The average molecular weight is 515 g/mol. The van der Waals surface area contributed by atoms with Gasteiger partial charge in [0.05, 0.1) is 19.8 Å². The molecule has 5 nitrogen and oxygen atoms in total. The van der Waals surface area contributed by atoms with E-state index < -0.39 is 31.9 Å². The minimum absolute atomic E-state index is 0.0835. The van der Waals surface area contributed by atoms with Gasteiger partial charge in [-0.05, 0) is 16.7 Å². The molecule has 0 amide bonds. The number of hydrogen-bond donors (Lipinski definition) is 0. The maximum atomic E-state index is 15.4. The van der Waals surface area contributed by atoms with Gasteiger partial charge >= 0.3 is 7.82 Å². The number of phosphoric acid groups is 1. The number of alkyl halides is 2. The lowest BCUT2D eigenvalue weighted by Gasteiger charge is -2.38. The molecule has 0 fully saturated rings.